The second-order valence-electron chi connectivity index (χ2n) is 7.08. The van der Waals surface area contributed by atoms with Gasteiger partial charge in [-0.2, -0.15) is 0 Å². The Balaban J connectivity index is 1.68. The van der Waals surface area contributed by atoms with Crippen LogP contribution in [0.15, 0.2) is 77.7 Å². The predicted molar refractivity (Wildman–Crippen MR) is 122 cm³/mol. The normalized spacial score (nSPS) is 11.4. The number of hydrogen-bond donors (Lipinski definition) is 2. The van der Waals surface area contributed by atoms with E-state index in [1.54, 1.807) is 36.4 Å². The molecular formula is C23H17F2N3O3S2. The van der Waals surface area contributed by atoms with Crippen molar-refractivity contribution >= 4 is 27.3 Å². The van der Waals surface area contributed by atoms with Crippen molar-refractivity contribution < 1.29 is 22.0 Å². The van der Waals surface area contributed by atoms with Crippen LogP contribution < -0.4 is 10.5 Å². The molecule has 0 aliphatic rings. The molecule has 0 spiro atoms. The standard InChI is InChI=1S/C23H17F2N3O3S2/c24-17-7-1-14(2-8-17)13-27-22(29)23-28-20(15-3-9-18(25)10-4-15)21(32-23)16-5-11-19(12-6-16)33(26,30)31/h1-12H,13H2,(H,27,29)(H2,26,30,31). The summed E-state index contributed by atoms with van der Waals surface area (Å²) in [7, 11) is -3.85. The number of primary sulfonamides is 1. The fraction of sp³-hybridized carbons (Fsp3) is 0.0435. The Morgan fingerprint density at radius 2 is 1.42 bits per heavy atom. The number of halogens is 2. The van der Waals surface area contributed by atoms with E-state index in [-0.39, 0.29) is 22.3 Å². The minimum Gasteiger partial charge on any atom is -0.346 e. The Hall–Kier alpha value is -3.47. The molecule has 1 heterocycles. The number of aromatic nitrogens is 1. The van der Waals surface area contributed by atoms with Crippen LogP contribution in [0.2, 0.25) is 0 Å². The molecule has 3 N–H and O–H groups in total. The van der Waals surface area contributed by atoms with E-state index in [0.29, 0.717) is 21.7 Å². The number of carbonyl (C=O) groups is 1. The maximum Gasteiger partial charge on any atom is 0.280 e. The van der Waals surface area contributed by atoms with Crippen molar-refractivity contribution in [3.8, 4) is 21.7 Å². The molecule has 6 nitrogen and oxygen atoms in total. The lowest BCUT2D eigenvalue weighted by atomic mass is 10.1. The Labute approximate surface area is 192 Å². The molecule has 0 aliphatic heterocycles. The molecule has 0 fully saturated rings. The fourth-order valence-electron chi connectivity index (χ4n) is 3.07. The van der Waals surface area contributed by atoms with Crippen LogP contribution in [0.4, 0.5) is 8.78 Å². The van der Waals surface area contributed by atoms with Gasteiger partial charge in [0, 0.05) is 12.1 Å². The van der Waals surface area contributed by atoms with Crippen molar-refractivity contribution in [3.63, 3.8) is 0 Å². The third kappa shape index (κ3) is 5.30. The van der Waals surface area contributed by atoms with Crippen LogP contribution in [0.3, 0.4) is 0 Å². The van der Waals surface area contributed by atoms with Crippen molar-refractivity contribution in [2.24, 2.45) is 5.14 Å². The highest BCUT2D eigenvalue weighted by Gasteiger charge is 2.20. The van der Waals surface area contributed by atoms with E-state index >= 15 is 0 Å². The Morgan fingerprint density at radius 3 is 2.00 bits per heavy atom. The summed E-state index contributed by atoms with van der Waals surface area (Å²) in [6.07, 6.45) is 0. The molecule has 0 saturated heterocycles. The fourth-order valence-corrected chi connectivity index (χ4v) is 4.60. The van der Waals surface area contributed by atoms with Crippen molar-refractivity contribution in [1.29, 1.82) is 0 Å². The summed E-state index contributed by atoms with van der Waals surface area (Å²) in [5, 5.41) is 8.08. The van der Waals surface area contributed by atoms with Gasteiger partial charge in [0.05, 0.1) is 15.5 Å². The van der Waals surface area contributed by atoms with Crippen LogP contribution in [0.1, 0.15) is 15.4 Å². The number of nitrogens with two attached hydrogens (primary N) is 1. The van der Waals surface area contributed by atoms with Gasteiger partial charge in [0.1, 0.15) is 11.6 Å². The number of carbonyl (C=O) groups excluding carboxylic acids is 1. The largest absolute Gasteiger partial charge is 0.346 e. The quantitative estimate of drug-likeness (QED) is 0.424. The van der Waals surface area contributed by atoms with E-state index < -0.39 is 21.7 Å². The zero-order valence-electron chi connectivity index (χ0n) is 17.0. The summed E-state index contributed by atoms with van der Waals surface area (Å²) < 4.78 is 49.6. The predicted octanol–water partition coefficient (Wildman–Crippen LogP) is 4.33. The number of hydrogen-bond acceptors (Lipinski definition) is 5. The molecule has 33 heavy (non-hydrogen) atoms. The third-order valence-electron chi connectivity index (χ3n) is 4.75. The van der Waals surface area contributed by atoms with Gasteiger partial charge >= 0.3 is 0 Å². The van der Waals surface area contributed by atoms with Gasteiger partial charge in [-0.1, -0.05) is 24.3 Å². The van der Waals surface area contributed by atoms with E-state index in [0.717, 1.165) is 16.9 Å². The zero-order chi connectivity index (χ0) is 23.6. The van der Waals surface area contributed by atoms with Gasteiger partial charge in [0.2, 0.25) is 10.0 Å². The van der Waals surface area contributed by atoms with Crippen LogP contribution in [0.5, 0.6) is 0 Å². The molecule has 0 atom stereocenters. The number of amides is 1. The summed E-state index contributed by atoms with van der Waals surface area (Å²) in [4.78, 5) is 17.8. The maximum absolute atomic E-state index is 13.4. The lowest BCUT2D eigenvalue weighted by Gasteiger charge is -2.04. The van der Waals surface area contributed by atoms with E-state index in [2.05, 4.69) is 10.3 Å². The molecule has 0 radical (unpaired) electrons. The molecule has 0 bridgehead atoms. The molecule has 3 aromatic carbocycles. The second kappa shape index (κ2) is 9.18. The zero-order valence-corrected chi connectivity index (χ0v) is 18.6. The smallest absolute Gasteiger partial charge is 0.280 e. The van der Waals surface area contributed by atoms with Crippen molar-refractivity contribution in [2.45, 2.75) is 11.4 Å². The molecular weight excluding hydrogens is 468 g/mol. The summed E-state index contributed by atoms with van der Waals surface area (Å²) in [6.45, 7) is 0.183. The number of sulfonamides is 1. The van der Waals surface area contributed by atoms with Crippen LogP contribution in [0.25, 0.3) is 21.7 Å². The van der Waals surface area contributed by atoms with E-state index in [1.165, 1.54) is 36.4 Å². The molecule has 0 aliphatic carbocycles. The van der Waals surface area contributed by atoms with Gasteiger partial charge in [0.15, 0.2) is 5.01 Å². The van der Waals surface area contributed by atoms with Crippen LogP contribution in [0, 0.1) is 11.6 Å². The van der Waals surface area contributed by atoms with Crippen LogP contribution in [-0.2, 0) is 16.6 Å². The summed E-state index contributed by atoms with van der Waals surface area (Å²) in [5.41, 5.74) is 2.39. The molecule has 168 valence electrons. The monoisotopic (exact) mass is 485 g/mol. The van der Waals surface area contributed by atoms with Gasteiger partial charge in [-0.05, 0) is 59.7 Å². The molecule has 1 aromatic heterocycles. The van der Waals surface area contributed by atoms with Crippen molar-refractivity contribution in [3.05, 3.63) is 95.0 Å². The van der Waals surface area contributed by atoms with E-state index in [9.17, 15) is 22.0 Å². The molecule has 1 amide bonds. The summed E-state index contributed by atoms with van der Waals surface area (Å²) in [6, 6.07) is 17.3. The molecule has 0 saturated carbocycles. The maximum atomic E-state index is 13.4. The number of thiazole rings is 1. The highest BCUT2D eigenvalue weighted by atomic mass is 32.2. The number of benzene rings is 3. The molecule has 10 heteroatoms. The first kappa shape index (κ1) is 22.7. The highest BCUT2D eigenvalue weighted by Crippen LogP contribution is 2.37. The average Bonchev–Trinajstić information content (AvgIpc) is 3.24. The van der Waals surface area contributed by atoms with E-state index in [1.807, 2.05) is 0 Å². The van der Waals surface area contributed by atoms with Crippen molar-refractivity contribution in [2.75, 3.05) is 0 Å². The Kier molecular flexibility index (Phi) is 6.32. The second-order valence-corrected chi connectivity index (χ2v) is 9.64. The summed E-state index contributed by atoms with van der Waals surface area (Å²) >= 11 is 1.11. The van der Waals surface area contributed by atoms with Gasteiger partial charge in [-0.25, -0.2) is 27.3 Å². The lowest BCUT2D eigenvalue weighted by Crippen LogP contribution is -2.22. The first-order valence-electron chi connectivity index (χ1n) is 9.63. The average molecular weight is 486 g/mol. The van der Waals surface area contributed by atoms with Gasteiger partial charge in [0.25, 0.3) is 5.91 Å². The third-order valence-corrected chi connectivity index (χ3v) is 6.78. The first-order valence-corrected chi connectivity index (χ1v) is 12.0. The highest BCUT2D eigenvalue weighted by molar-refractivity contribution is 7.89. The topological polar surface area (TPSA) is 102 Å². The first-order chi connectivity index (χ1) is 15.7. The number of rotatable bonds is 6. The number of nitrogens with one attached hydrogen (secondary N) is 1. The Morgan fingerprint density at radius 1 is 0.879 bits per heavy atom. The minimum atomic E-state index is -3.85. The SMILES string of the molecule is NS(=O)(=O)c1ccc(-c2sc(C(=O)NCc3ccc(F)cc3)nc2-c2ccc(F)cc2)cc1. The van der Waals surface area contributed by atoms with E-state index in [4.69, 9.17) is 5.14 Å². The van der Waals surface area contributed by atoms with Gasteiger partial charge in [-0.15, -0.1) is 11.3 Å². The van der Waals surface area contributed by atoms with Gasteiger partial charge in [-0.3, -0.25) is 4.79 Å². The molecule has 4 rings (SSSR count). The van der Waals surface area contributed by atoms with Crippen molar-refractivity contribution in [1.82, 2.24) is 10.3 Å². The minimum absolute atomic E-state index is 0.0450. The molecule has 4 aromatic rings. The summed E-state index contributed by atoms with van der Waals surface area (Å²) in [5.74, 6) is -1.21. The number of nitrogens with zero attached hydrogens (tertiary/aromatic N) is 1. The molecule has 0 unspecified atom stereocenters. The van der Waals surface area contributed by atoms with Crippen LogP contribution >= 0.6 is 11.3 Å². The van der Waals surface area contributed by atoms with Crippen LogP contribution in [-0.4, -0.2) is 19.3 Å². The lowest BCUT2D eigenvalue weighted by molar-refractivity contribution is 0.0950. The Bertz CT molecular complexity index is 1400. The van der Waals surface area contributed by atoms with Gasteiger partial charge < -0.3 is 5.32 Å².